The van der Waals surface area contributed by atoms with E-state index in [-0.39, 0.29) is 23.9 Å². The molecule has 4 heterocycles. The molecule has 2 aliphatic heterocycles. The molecule has 3 amide bonds. The smallest absolute Gasteiger partial charge is 0.410 e. The molecule has 0 atom stereocenters. The third-order valence-corrected chi connectivity index (χ3v) is 8.86. The molecule has 2 aliphatic rings. The van der Waals surface area contributed by atoms with E-state index in [0.717, 1.165) is 39.1 Å². The van der Waals surface area contributed by atoms with E-state index in [0.29, 0.717) is 43.0 Å². The lowest BCUT2D eigenvalue weighted by Crippen LogP contribution is -2.49. The Hall–Kier alpha value is -4.93. The molecule has 0 saturated carbocycles. The van der Waals surface area contributed by atoms with E-state index >= 15 is 0 Å². The predicted molar refractivity (Wildman–Crippen MR) is 179 cm³/mol. The van der Waals surface area contributed by atoms with Gasteiger partial charge in [-0.15, -0.1) is 0 Å². The van der Waals surface area contributed by atoms with E-state index in [4.69, 9.17) is 14.7 Å². The molecule has 4 aromatic rings. The van der Waals surface area contributed by atoms with Gasteiger partial charge in [0.25, 0.3) is 5.91 Å². The van der Waals surface area contributed by atoms with Gasteiger partial charge in [-0.1, -0.05) is 18.2 Å². The van der Waals surface area contributed by atoms with E-state index in [1.807, 2.05) is 76.5 Å². The molecule has 3 N–H and O–H groups in total. The summed E-state index contributed by atoms with van der Waals surface area (Å²) in [7, 11) is 1.62. The zero-order valence-electron chi connectivity index (χ0n) is 27.4. The Bertz CT molecular complexity index is 1860. The van der Waals surface area contributed by atoms with Gasteiger partial charge in [0.1, 0.15) is 11.1 Å². The number of fused-ring (bicyclic) bond motifs is 3. The second-order valence-corrected chi connectivity index (χ2v) is 13.5. The monoisotopic (exact) mass is 623 g/mol. The molecular weight excluding hydrogens is 582 g/mol. The Labute approximate surface area is 268 Å². The minimum absolute atomic E-state index is 0.0452. The van der Waals surface area contributed by atoms with Crippen molar-refractivity contribution in [2.24, 2.45) is 0 Å². The van der Waals surface area contributed by atoms with Crippen LogP contribution in [0, 0.1) is 6.92 Å². The van der Waals surface area contributed by atoms with Crippen LogP contribution < -0.4 is 16.0 Å². The highest BCUT2D eigenvalue weighted by Crippen LogP contribution is 2.46. The van der Waals surface area contributed by atoms with Crippen molar-refractivity contribution in [2.45, 2.75) is 71.4 Å². The zero-order valence-corrected chi connectivity index (χ0v) is 27.4. The van der Waals surface area contributed by atoms with Crippen molar-refractivity contribution in [1.82, 2.24) is 24.8 Å². The first-order valence-corrected chi connectivity index (χ1v) is 15.7. The number of imidazole rings is 1. The Morgan fingerprint density at radius 3 is 2.48 bits per heavy atom. The third kappa shape index (κ3) is 5.54. The van der Waals surface area contributed by atoms with E-state index in [1.165, 1.54) is 0 Å². The van der Waals surface area contributed by atoms with Crippen molar-refractivity contribution in [3.8, 4) is 11.3 Å². The standard InChI is InChI=1S/C35H41N7O4/c1-20(2)42-19-37-28-18-26(39-30(29(28)42)38-23-10-8-21(3)24(17-23)31(43)36-7)22-9-11-25-27(16-22)40-32(44)35(25)12-14-41(15-13-35)33(45)46-34(4,5)6/h8-11,16-20H,12-15H2,1-7H3,(H,36,43)(H,38,39)(H,40,44). The maximum Gasteiger partial charge on any atom is 0.410 e. The van der Waals surface area contributed by atoms with E-state index in [1.54, 1.807) is 11.9 Å². The van der Waals surface area contributed by atoms with Crippen LogP contribution in [0.5, 0.6) is 0 Å². The summed E-state index contributed by atoms with van der Waals surface area (Å²) >= 11 is 0. The number of carbonyl (C=O) groups is 3. The van der Waals surface area contributed by atoms with Crippen LogP contribution in [-0.4, -0.2) is 63.1 Å². The summed E-state index contributed by atoms with van der Waals surface area (Å²) in [5.74, 6) is 0.408. The number of hydrogen-bond donors (Lipinski definition) is 3. The molecule has 1 spiro atoms. The van der Waals surface area contributed by atoms with Crippen molar-refractivity contribution in [2.75, 3.05) is 30.8 Å². The molecule has 2 aromatic heterocycles. The number of anilines is 3. The van der Waals surface area contributed by atoms with Gasteiger partial charge in [0.05, 0.1) is 23.0 Å². The zero-order chi connectivity index (χ0) is 33.0. The fourth-order valence-corrected chi connectivity index (χ4v) is 6.38. The summed E-state index contributed by atoms with van der Waals surface area (Å²) in [6, 6.07) is 13.7. The lowest BCUT2D eigenvalue weighted by atomic mass is 9.73. The van der Waals surface area contributed by atoms with Crippen LogP contribution in [0.1, 0.15) is 75.0 Å². The molecule has 0 radical (unpaired) electrons. The number of amides is 3. The summed E-state index contributed by atoms with van der Waals surface area (Å²) in [5.41, 5.74) is 5.76. The summed E-state index contributed by atoms with van der Waals surface area (Å²) < 4.78 is 7.63. The lowest BCUT2D eigenvalue weighted by molar-refractivity contribution is -0.122. The van der Waals surface area contributed by atoms with Crippen molar-refractivity contribution in [3.05, 3.63) is 65.5 Å². The average molecular weight is 624 g/mol. The van der Waals surface area contributed by atoms with Gasteiger partial charge < -0.3 is 30.2 Å². The number of nitrogens with one attached hydrogen (secondary N) is 3. The van der Waals surface area contributed by atoms with Crippen LogP contribution in [-0.2, 0) is 14.9 Å². The number of hydrogen-bond acceptors (Lipinski definition) is 7. The van der Waals surface area contributed by atoms with Crippen LogP contribution in [0.3, 0.4) is 0 Å². The van der Waals surface area contributed by atoms with Crippen molar-refractivity contribution >= 4 is 46.1 Å². The van der Waals surface area contributed by atoms with Crippen molar-refractivity contribution in [1.29, 1.82) is 0 Å². The molecule has 240 valence electrons. The van der Waals surface area contributed by atoms with E-state index in [2.05, 4.69) is 34.4 Å². The molecule has 11 nitrogen and oxygen atoms in total. The van der Waals surface area contributed by atoms with E-state index in [9.17, 15) is 14.4 Å². The number of aromatic nitrogens is 3. The Morgan fingerprint density at radius 2 is 1.80 bits per heavy atom. The molecule has 11 heteroatoms. The summed E-state index contributed by atoms with van der Waals surface area (Å²) in [4.78, 5) is 50.1. The Morgan fingerprint density at radius 1 is 1.07 bits per heavy atom. The summed E-state index contributed by atoms with van der Waals surface area (Å²) in [5, 5.41) is 9.27. The topological polar surface area (TPSA) is 130 Å². The van der Waals surface area contributed by atoms with Crippen molar-refractivity contribution in [3.63, 3.8) is 0 Å². The van der Waals surface area contributed by atoms with Gasteiger partial charge in [-0.05, 0) is 89.8 Å². The van der Waals surface area contributed by atoms with Crippen LogP contribution in [0.2, 0.25) is 0 Å². The number of rotatable bonds is 5. The molecule has 0 bridgehead atoms. The number of likely N-dealkylation sites (tertiary alicyclic amines) is 1. The van der Waals surface area contributed by atoms with Gasteiger partial charge in [-0.2, -0.15) is 0 Å². The first-order valence-electron chi connectivity index (χ1n) is 15.7. The molecule has 1 saturated heterocycles. The predicted octanol–water partition coefficient (Wildman–Crippen LogP) is 6.31. The number of pyridine rings is 1. The average Bonchev–Trinajstić information content (AvgIpc) is 3.56. The van der Waals surface area contributed by atoms with Gasteiger partial charge in [0.2, 0.25) is 5.91 Å². The second kappa shape index (κ2) is 11.5. The molecule has 46 heavy (non-hydrogen) atoms. The number of benzene rings is 2. The first kappa shape index (κ1) is 31.1. The quantitative estimate of drug-likeness (QED) is 0.237. The lowest BCUT2D eigenvalue weighted by Gasteiger charge is -2.38. The van der Waals surface area contributed by atoms with Crippen LogP contribution >= 0.6 is 0 Å². The van der Waals surface area contributed by atoms with Crippen molar-refractivity contribution < 1.29 is 19.1 Å². The van der Waals surface area contributed by atoms with Crippen LogP contribution in [0.25, 0.3) is 22.3 Å². The minimum atomic E-state index is -0.694. The largest absolute Gasteiger partial charge is 0.444 e. The second-order valence-electron chi connectivity index (χ2n) is 13.5. The highest BCUT2D eigenvalue weighted by atomic mass is 16.6. The first-order chi connectivity index (χ1) is 21.8. The molecule has 0 aliphatic carbocycles. The summed E-state index contributed by atoms with van der Waals surface area (Å²) in [6.07, 6.45) is 2.50. The number of carbonyl (C=O) groups excluding carboxylic acids is 3. The van der Waals surface area contributed by atoms with Crippen LogP contribution in [0.4, 0.5) is 22.0 Å². The molecule has 2 aromatic carbocycles. The number of nitrogens with zero attached hydrogens (tertiary/aromatic N) is 4. The Kier molecular flexibility index (Phi) is 7.74. The minimum Gasteiger partial charge on any atom is -0.444 e. The van der Waals surface area contributed by atoms with Gasteiger partial charge in [0.15, 0.2) is 5.82 Å². The van der Waals surface area contributed by atoms with Gasteiger partial charge in [-0.3, -0.25) is 9.59 Å². The number of piperidine rings is 1. The van der Waals surface area contributed by atoms with Gasteiger partial charge in [-0.25, -0.2) is 14.8 Å². The highest BCUT2D eigenvalue weighted by Gasteiger charge is 2.49. The number of ether oxygens (including phenoxy) is 1. The normalized spacial score (nSPS) is 15.7. The van der Waals surface area contributed by atoms with E-state index < -0.39 is 11.0 Å². The highest BCUT2D eigenvalue weighted by molar-refractivity contribution is 6.07. The maximum absolute atomic E-state index is 13.5. The third-order valence-electron chi connectivity index (χ3n) is 8.86. The fourth-order valence-electron chi connectivity index (χ4n) is 6.38. The molecule has 6 rings (SSSR count). The SMILES string of the molecule is CNC(=O)c1cc(Nc2nc(-c3ccc4c(c3)NC(=O)C43CCN(C(=O)OC(C)(C)C)CC3)cc3ncn(C(C)C)c23)ccc1C. The molecule has 0 unspecified atom stereocenters. The number of aryl methyl sites for hydroxylation is 1. The summed E-state index contributed by atoms with van der Waals surface area (Å²) in [6.45, 7) is 12.5. The van der Waals surface area contributed by atoms with Gasteiger partial charge >= 0.3 is 6.09 Å². The fraction of sp³-hybridized carbons (Fsp3) is 0.400. The van der Waals surface area contributed by atoms with Crippen LogP contribution in [0.15, 0.2) is 48.8 Å². The molecular formula is C35H41N7O4. The molecule has 1 fully saturated rings. The van der Waals surface area contributed by atoms with Gasteiger partial charge in [0, 0.05) is 48.7 Å². The Balaban J connectivity index is 1.34. The maximum atomic E-state index is 13.5.